The molecule has 3 heterocycles. The van der Waals surface area contributed by atoms with Crippen molar-refractivity contribution < 1.29 is 18.3 Å². The Balaban J connectivity index is 1.48. The van der Waals surface area contributed by atoms with Gasteiger partial charge in [-0.15, -0.1) is 0 Å². The summed E-state index contributed by atoms with van der Waals surface area (Å²) in [5.74, 6) is -0.377. The number of hydrogen-bond donors (Lipinski definition) is 0. The molecule has 1 atom stereocenters. The van der Waals surface area contributed by atoms with Crippen LogP contribution in [0.1, 0.15) is 22.9 Å². The van der Waals surface area contributed by atoms with Gasteiger partial charge in [0.05, 0.1) is 18.2 Å². The number of nitrogens with zero attached hydrogens (tertiary/aromatic N) is 3. The molecule has 7 heteroatoms. The molecule has 6 nitrogen and oxygen atoms in total. The van der Waals surface area contributed by atoms with Gasteiger partial charge in [0.25, 0.3) is 5.91 Å². The molecule has 32 heavy (non-hydrogen) atoms. The monoisotopic (exact) mass is 431 g/mol. The third-order valence-electron chi connectivity index (χ3n) is 5.62. The van der Waals surface area contributed by atoms with Crippen molar-refractivity contribution in [1.82, 2.24) is 14.7 Å². The lowest BCUT2D eigenvalue weighted by atomic mass is 10.1. The first-order valence-corrected chi connectivity index (χ1v) is 10.4. The van der Waals surface area contributed by atoms with E-state index < -0.39 is 6.23 Å². The van der Waals surface area contributed by atoms with Crippen molar-refractivity contribution in [2.45, 2.75) is 19.6 Å². The van der Waals surface area contributed by atoms with Gasteiger partial charge in [-0.25, -0.2) is 9.07 Å². The van der Waals surface area contributed by atoms with Gasteiger partial charge >= 0.3 is 0 Å². The van der Waals surface area contributed by atoms with Crippen LogP contribution >= 0.6 is 0 Å². The molecular weight excluding hydrogens is 409 g/mol. The molecule has 0 N–H and O–H groups in total. The zero-order valence-corrected chi connectivity index (χ0v) is 17.6. The molecule has 1 fully saturated rings. The van der Waals surface area contributed by atoms with Gasteiger partial charge in [-0.2, -0.15) is 5.10 Å². The number of halogens is 1. The van der Waals surface area contributed by atoms with Crippen LogP contribution in [0, 0.1) is 12.7 Å². The lowest BCUT2D eigenvalue weighted by Crippen LogP contribution is -2.30. The van der Waals surface area contributed by atoms with E-state index in [2.05, 4.69) is 24.3 Å². The minimum absolute atomic E-state index is 0.0190. The quantitative estimate of drug-likeness (QED) is 0.445. The Bertz CT molecular complexity index is 1210. The number of ether oxygens (including phenoxy) is 1. The highest BCUT2D eigenvalue weighted by Gasteiger charge is 2.36. The van der Waals surface area contributed by atoms with Gasteiger partial charge in [-0.05, 0) is 49.2 Å². The molecule has 0 spiro atoms. The van der Waals surface area contributed by atoms with E-state index in [0.717, 1.165) is 23.1 Å². The second kappa shape index (κ2) is 8.43. The van der Waals surface area contributed by atoms with Crippen LogP contribution in [0.25, 0.3) is 16.9 Å². The molecule has 2 aromatic carbocycles. The first kappa shape index (κ1) is 20.2. The number of rotatable bonds is 6. The van der Waals surface area contributed by atoms with Crippen molar-refractivity contribution in [3.8, 4) is 16.9 Å². The van der Waals surface area contributed by atoms with E-state index in [1.165, 1.54) is 17.7 Å². The molecule has 0 radical (unpaired) electrons. The Hall–Kier alpha value is -3.71. The largest absolute Gasteiger partial charge is 0.472 e. The summed E-state index contributed by atoms with van der Waals surface area (Å²) < 4.78 is 26.2. The predicted molar refractivity (Wildman–Crippen MR) is 117 cm³/mol. The number of amides is 1. The van der Waals surface area contributed by atoms with Crippen molar-refractivity contribution in [3.05, 3.63) is 95.8 Å². The van der Waals surface area contributed by atoms with Gasteiger partial charge in [-0.3, -0.25) is 4.79 Å². The van der Waals surface area contributed by atoms with Crippen LogP contribution in [-0.2, 0) is 16.0 Å². The van der Waals surface area contributed by atoms with Crippen molar-refractivity contribution in [2.24, 2.45) is 0 Å². The molecular formula is C25H22FN3O3. The molecule has 1 aliphatic heterocycles. The number of benzene rings is 2. The highest BCUT2D eigenvalue weighted by molar-refractivity contribution is 5.80. The lowest BCUT2D eigenvalue weighted by molar-refractivity contribution is -0.128. The molecule has 0 aliphatic carbocycles. The summed E-state index contributed by atoms with van der Waals surface area (Å²) in [6.07, 6.45) is 5.17. The summed E-state index contributed by atoms with van der Waals surface area (Å²) in [4.78, 5) is 14.4. The standard InChI is InChI=1S/C25H22FN3O3/c1-17-2-4-18(5-3-17)10-12-28-23(30)16-32-25(28)22-14-29(21-8-6-20(26)7-9-21)27-24(22)19-11-13-31-15-19/h2-9,11,13-15,25H,10,12,16H2,1H3. The van der Waals surface area contributed by atoms with E-state index in [4.69, 9.17) is 14.3 Å². The number of aryl methyl sites for hydroxylation is 1. The van der Waals surface area contributed by atoms with Crippen molar-refractivity contribution >= 4 is 5.91 Å². The van der Waals surface area contributed by atoms with Gasteiger partial charge in [0.2, 0.25) is 0 Å². The van der Waals surface area contributed by atoms with E-state index in [1.807, 2.05) is 19.2 Å². The molecule has 1 unspecified atom stereocenters. The maximum atomic E-state index is 13.4. The van der Waals surface area contributed by atoms with Crippen molar-refractivity contribution in [2.75, 3.05) is 13.2 Å². The third kappa shape index (κ3) is 3.94. The summed E-state index contributed by atoms with van der Waals surface area (Å²) in [5.41, 5.74) is 5.25. The number of furan rings is 1. The summed E-state index contributed by atoms with van der Waals surface area (Å²) in [6.45, 7) is 2.60. The Morgan fingerprint density at radius 3 is 2.59 bits per heavy atom. The normalized spacial score (nSPS) is 16.1. The summed E-state index contributed by atoms with van der Waals surface area (Å²) in [7, 11) is 0. The summed E-state index contributed by atoms with van der Waals surface area (Å²) in [5, 5.41) is 4.70. The number of carbonyl (C=O) groups is 1. The molecule has 4 aromatic rings. The Labute approximate surface area is 184 Å². The first-order chi connectivity index (χ1) is 15.6. The van der Waals surface area contributed by atoms with Crippen LogP contribution in [0.15, 0.2) is 77.7 Å². The number of aromatic nitrogens is 2. The minimum atomic E-state index is -0.563. The fraction of sp³-hybridized carbons (Fsp3) is 0.200. The third-order valence-corrected chi connectivity index (χ3v) is 5.62. The van der Waals surface area contributed by atoms with Crippen LogP contribution < -0.4 is 0 Å². The zero-order chi connectivity index (χ0) is 22.1. The van der Waals surface area contributed by atoms with Crippen LogP contribution in [0.2, 0.25) is 0 Å². The fourth-order valence-corrected chi connectivity index (χ4v) is 3.88. The smallest absolute Gasteiger partial charge is 0.250 e. The minimum Gasteiger partial charge on any atom is -0.472 e. The molecule has 1 amide bonds. The molecule has 0 bridgehead atoms. The van der Waals surface area contributed by atoms with Gasteiger partial charge in [-0.1, -0.05) is 29.8 Å². The van der Waals surface area contributed by atoms with E-state index in [0.29, 0.717) is 17.9 Å². The van der Waals surface area contributed by atoms with E-state index >= 15 is 0 Å². The molecule has 5 rings (SSSR count). The molecule has 2 aromatic heterocycles. The lowest BCUT2D eigenvalue weighted by Gasteiger charge is -2.23. The molecule has 1 aliphatic rings. The van der Waals surface area contributed by atoms with Crippen LogP contribution in [0.3, 0.4) is 0 Å². The topological polar surface area (TPSA) is 60.5 Å². The second-order valence-electron chi connectivity index (χ2n) is 7.85. The average molecular weight is 431 g/mol. The SMILES string of the molecule is Cc1ccc(CCN2C(=O)COC2c2cn(-c3ccc(F)cc3)nc2-c2ccoc2)cc1. The van der Waals surface area contributed by atoms with Gasteiger partial charge in [0.15, 0.2) is 6.23 Å². The maximum Gasteiger partial charge on any atom is 0.250 e. The fourth-order valence-electron chi connectivity index (χ4n) is 3.88. The Morgan fingerprint density at radius 2 is 1.88 bits per heavy atom. The van der Waals surface area contributed by atoms with Crippen LogP contribution in [0.4, 0.5) is 4.39 Å². The predicted octanol–water partition coefficient (Wildman–Crippen LogP) is 4.68. The Kier molecular flexibility index (Phi) is 5.33. The zero-order valence-electron chi connectivity index (χ0n) is 17.6. The summed E-state index contributed by atoms with van der Waals surface area (Å²) in [6, 6.07) is 16.2. The van der Waals surface area contributed by atoms with Crippen LogP contribution in [-0.4, -0.2) is 33.7 Å². The molecule has 162 valence electrons. The van der Waals surface area contributed by atoms with E-state index in [1.54, 1.807) is 34.2 Å². The van der Waals surface area contributed by atoms with E-state index in [-0.39, 0.29) is 18.3 Å². The highest BCUT2D eigenvalue weighted by atomic mass is 19.1. The number of carbonyl (C=O) groups excluding carboxylic acids is 1. The maximum absolute atomic E-state index is 13.4. The van der Waals surface area contributed by atoms with Crippen LogP contribution in [0.5, 0.6) is 0 Å². The highest BCUT2D eigenvalue weighted by Crippen LogP contribution is 2.35. The van der Waals surface area contributed by atoms with Gasteiger partial charge < -0.3 is 14.1 Å². The molecule has 1 saturated heterocycles. The second-order valence-corrected chi connectivity index (χ2v) is 7.85. The summed E-state index contributed by atoms with van der Waals surface area (Å²) >= 11 is 0. The Morgan fingerprint density at radius 1 is 1.09 bits per heavy atom. The molecule has 0 saturated carbocycles. The van der Waals surface area contributed by atoms with Crippen molar-refractivity contribution in [3.63, 3.8) is 0 Å². The van der Waals surface area contributed by atoms with Gasteiger partial charge in [0.1, 0.15) is 18.1 Å². The van der Waals surface area contributed by atoms with E-state index in [9.17, 15) is 9.18 Å². The van der Waals surface area contributed by atoms with Crippen molar-refractivity contribution in [1.29, 1.82) is 0 Å². The van der Waals surface area contributed by atoms with Gasteiger partial charge in [0, 0.05) is 23.9 Å². The average Bonchev–Trinajstić information content (AvgIpc) is 3.53. The first-order valence-electron chi connectivity index (χ1n) is 10.4. The number of hydrogen-bond acceptors (Lipinski definition) is 4.